The van der Waals surface area contributed by atoms with Gasteiger partial charge in [0.05, 0.1) is 12.3 Å². The first kappa shape index (κ1) is 7.24. The van der Waals surface area contributed by atoms with E-state index in [1.165, 1.54) is 0 Å². The van der Waals surface area contributed by atoms with Crippen LogP contribution in [0.3, 0.4) is 0 Å². The summed E-state index contributed by atoms with van der Waals surface area (Å²) in [5.74, 6) is 0. The maximum Gasteiger partial charge on any atom is 0.0909 e. The Morgan fingerprint density at radius 2 is 2.30 bits per heavy atom. The lowest BCUT2D eigenvalue weighted by Gasteiger charge is -1.93. The number of rotatable bonds is 3. The molecule has 1 aromatic heterocycles. The highest BCUT2D eigenvalue weighted by molar-refractivity contribution is 5.15. The van der Waals surface area contributed by atoms with Gasteiger partial charge in [0.15, 0.2) is 0 Å². The molecule has 1 aromatic rings. The average molecular weight is 142 g/mol. The number of nitrogens with one attached hydrogen (secondary N) is 1. The van der Waals surface area contributed by atoms with Gasteiger partial charge >= 0.3 is 0 Å². The van der Waals surface area contributed by atoms with Crippen LogP contribution in [-0.4, -0.2) is 27.0 Å². The van der Waals surface area contributed by atoms with E-state index in [1.807, 2.05) is 0 Å². The van der Waals surface area contributed by atoms with E-state index in [2.05, 4.69) is 10.2 Å². The first-order valence-corrected chi connectivity index (χ1v) is 3.11. The van der Waals surface area contributed by atoms with Gasteiger partial charge in [-0.15, -0.1) is 0 Å². The van der Waals surface area contributed by atoms with E-state index in [1.54, 1.807) is 6.20 Å². The minimum absolute atomic E-state index is 0.0706. The summed E-state index contributed by atoms with van der Waals surface area (Å²) in [6.07, 6.45) is 2.23. The predicted molar refractivity (Wildman–Crippen MR) is 35.3 cm³/mol. The van der Waals surface area contributed by atoms with Crippen molar-refractivity contribution in [3.63, 3.8) is 0 Å². The molecule has 0 unspecified atom stereocenters. The van der Waals surface area contributed by atoms with E-state index < -0.39 is 0 Å². The molecule has 1 heterocycles. The summed E-state index contributed by atoms with van der Waals surface area (Å²) in [6.45, 7) is 0.0192. The number of aliphatic hydroxyl groups is 2. The van der Waals surface area contributed by atoms with Crippen LogP contribution in [0.5, 0.6) is 0 Å². The monoisotopic (exact) mass is 142 g/mol. The largest absolute Gasteiger partial charge is 0.396 e. The molecular weight excluding hydrogens is 132 g/mol. The molecule has 0 bridgehead atoms. The van der Waals surface area contributed by atoms with Gasteiger partial charge in [-0.2, -0.15) is 5.10 Å². The molecule has 1 rings (SSSR count). The Bertz CT molecular complexity index is 197. The van der Waals surface area contributed by atoms with Crippen LogP contribution in [0.1, 0.15) is 11.3 Å². The van der Waals surface area contributed by atoms with Crippen molar-refractivity contribution in [3.8, 4) is 0 Å². The van der Waals surface area contributed by atoms with Crippen molar-refractivity contribution >= 4 is 0 Å². The second kappa shape index (κ2) is 3.34. The fraction of sp³-hybridized carbons (Fsp3) is 0.500. The maximum absolute atomic E-state index is 8.67. The van der Waals surface area contributed by atoms with Gasteiger partial charge in [-0.05, 0) is 12.0 Å². The molecule has 10 heavy (non-hydrogen) atoms. The van der Waals surface area contributed by atoms with Crippen molar-refractivity contribution in [2.45, 2.75) is 13.0 Å². The molecule has 0 atom stereocenters. The quantitative estimate of drug-likeness (QED) is 0.529. The number of H-pyrrole nitrogens is 1. The third-order valence-corrected chi connectivity index (χ3v) is 1.34. The van der Waals surface area contributed by atoms with E-state index in [9.17, 15) is 0 Å². The van der Waals surface area contributed by atoms with Gasteiger partial charge in [0.25, 0.3) is 0 Å². The van der Waals surface area contributed by atoms with Crippen LogP contribution < -0.4 is 0 Å². The van der Waals surface area contributed by atoms with Crippen molar-refractivity contribution < 1.29 is 10.2 Å². The molecule has 0 aliphatic carbocycles. The van der Waals surface area contributed by atoms with E-state index in [4.69, 9.17) is 10.2 Å². The summed E-state index contributed by atoms with van der Waals surface area (Å²) in [5.41, 5.74) is 1.50. The molecule has 0 fully saturated rings. The van der Waals surface area contributed by atoms with Crippen molar-refractivity contribution in [2.75, 3.05) is 6.61 Å². The fourth-order valence-corrected chi connectivity index (χ4v) is 0.817. The predicted octanol–water partition coefficient (Wildman–Crippen LogP) is -0.563. The lowest BCUT2D eigenvalue weighted by Crippen LogP contribution is -1.94. The number of hydrogen-bond acceptors (Lipinski definition) is 3. The Morgan fingerprint density at radius 1 is 1.50 bits per heavy atom. The number of aromatic nitrogens is 2. The smallest absolute Gasteiger partial charge is 0.0909 e. The Labute approximate surface area is 58.5 Å². The average Bonchev–Trinajstić information content (AvgIpc) is 2.36. The number of hydrogen-bond donors (Lipinski definition) is 3. The zero-order valence-electron chi connectivity index (χ0n) is 5.54. The van der Waals surface area contributed by atoms with Crippen LogP contribution in [0.4, 0.5) is 0 Å². The second-order valence-electron chi connectivity index (χ2n) is 1.99. The Balaban J connectivity index is 2.70. The topological polar surface area (TPSA) is 69.1 Å². The molecule has 4 nitrogen and oxygen atoms in total. The van der Waals surface area contributed by atoms with Crippen LogP contribution in [0.15, 0.2) is 6.20 Å². The van der Waals surface area contributed by atoms with Crippen LogP contribution in [-0.2, 0) is 13.0 Å². The van der Waals surface area contributed by atoms with Gasteiger partial charge in [-0.3, -0.25) is 5.10 Å². The zero-order chi connectivity index (χ0) is 7.40. The van der Waals surface area contributed by atoms with Gasteiger partial charge in [-0.25, -0.2) is 0 Å². The van der Waals surface area contributed by atoms with Crippen LogP contribution in [0.2, 0.25) is 0 Å². The third kappa shape index (κ3) is 1.34. The molecular formula is C6H10N2O2. The van der Waals surface area contributed by atoms with Crippen molar-refractivity contribution in [3.05, 3.63) is 17.5 Å². The zero-order valence-corrected chi connectivity index (χ0v) is 5.54. The van der Waals surface area contributed by atoms with Crippen molar-refractivity contribution in [1.29, 1.82) is 0 Å². The number of aliphatic hydroxyl groups excluding tert-OH is 2. The molecule has 0 spiro atoms. The Kier molecular flexibility index (Phi) is 2.42. The summed E-state index contributed by atoms with van der Waals surface area (Å²) in [4.78, 5) is 0. The van der Waals surface area contributed by atoms with Crippen LogP contribution in [0.25, 0.3) is 0 Å². The van der Waals surface area contributed by atoms with Gasteiger partial charge < -0.3 is 10.2 Å². The standard InChI is InChI=1S/C6H10N2O2/c9-2-1-5-3-7-8-6(5)4-10/h3,9-10H,1-2,4H2,(H,7,8). The highest BCUT2D eigenvalue weighted by atomic mass is 16.3. The summed E-state index contributed by atoms with van der Waals surface area (Å²) in [7, 11) is 0. The Morgan fingerprint density at radius 3 is 2.90 bits per heavy atom. The third-order valence-electron chi connectivity index (χ3n) is 1.34. The SMILES string of the molecule is OCCc1c[nH]nc1CO. The molecule has 0 radical (unpaired) electrons. The highest BCUT2D eigenvalue weighted by Crippen LogP contribution is 2.03. The normalized spacial score (nSPS) is 10.2. The molecule has 0 aliphatic rings. The number of aromatic amines is 1. The summed E-state index contributed by atoms with van der Waals surface area (Å²) in [5, 5.41) is 23.6. The van der Waals surface area contributed by atoms with Crippen molar-refractivity contribution in [2.24, 2.45) is 0 Å². The van der Waals surface area contributed by atoms with Crippen LogP contribution >= 0.6 is 0 Å². The van der Waals surface area contributed by atoms with E-state index in [0.717, 1.165) is 5.56 Å². The second-order valence-corrected chi connectivity index (χ2v) is 1.99. The Hall–Kier alpha value is -0.870. The van der Waals surface area contributed by atoms with Gasteiger partial charge in [0, 0.05) is 12.8 Å². The summed E-state index contributed by atoms with van der Waals surface area (Å²) >= 11 is 0. The summed E-state index contributed by atoms with van der Waals surface area (Å²) < 4.78 is 0. The minimum Gasteiger partial charge on any atom is -0.396 e. The molecule has 0 saturated heterocycles. The van der Waals surface area contributed by atoms with Gasteiger partial charge in [0.2, 0.25) is 0 Å². The molecule has 0 saturated carbocycles. The molecule has 4 heteroatoms. The van der Waals surface area contributed by atoms with E-state index >= 15 is 0 Å². The molecule has 0 aliphatic heterocycles. The molecule has 3 N–H and O–H groups in total. The molecule has 0 amide bonds. The van der Waals surface area contributed by atoms with Gasteiger partial charge in [-0.1, -0.05) is 0 Å². The van der Waals surface area contributed by atoms with Gasteiger partial charge in [0.1, 0.15) is 0 Å². The maximum atomic E-state index is 8.67. The molecule has 56 valence electrons. The first-order valence-electron chi connectivity index (χ1n) is 3.11. The fourth-order valence-electron chi connectivity index (χ4n) is 0.817. The lowest BCUT2D eigenvalue weighted by atomic mass is 10.2. The lowest BCUT2D eigenvalue weighted by molar-refractivity contribution is 0.271. The number of nitrogens with zero attached hydrogens (tertiary/aromatic N) is 1. The van der Waals surface area contributed by atoms with E-state index in [0.29, 0.717) is 12.1 Å². The summed E-state index contributed by atoms with van der Waals surface area (Å²) in [6, 6.07) is 0. The van der Waals surface area contributed by atoms with Crippen molar-refractivity contribution in [1.82, 2.24) is 10.2 Å². The first-order chi connectivity index (χ1) is 4.88. The minimum atomic E-state index is -0.0706. The highest BCUT2D eigenvalue weighted by Gasteiger charge is 2.01. The van der Waals surface area contributed by atoms with Crippen LogP contribution in [0, 0.1) is 0 Å². The molecule has 0 aromatic carbocycles. The van der Waals surface area contributed by atoms with E-state index in [-0.39, 0.29) is 13.2 Å².